The molecule has 100 valence electrons. The summed E-state index contributed by atoms with van der Waals surface area (Å²) < 4.78 is 6.63. The topological polar surface area (TPSA) is 51.0 Å². The molecule has 1 heterocycles. The van der Waals surface area contributed by atoms with Crippen molar-refractivity contribution in [2.45, 2.75) is 19.9 Å². The van der Waals surface area contributed by atoms with Crippen LogP contribution in [0.25, 0.3) is 11.5 Å². The van der Waals surface area contributed by atoms with Crippen LogP contribution in [0.1, 0.15) is 19.2 Å². The second kappa shape index (κ2) is 5.43. The lowest BCUT2D eigenvalue weighted by molar-refractivity contribution is 0.470. The summed E-state index contributed by atoms with van der Waals surface area (Å²) in [6.07, 6.45) is 1.33. The molecule has 5 heteroatoms. The van der Waals surface area contributed by atoms with Gasteiger partial charge in [0.05, 0.1) is 12.1 Å². The predicted octanol–water partition coefficient (Wildman–Crippen LogP) is 3.24. The van der Waals surface area contributed by atoms with Crippen LogP contribution >= 0.6 is 15.9 Å². The van der Waals surface area contributed by atoms with Gasteiger partial charge in [-0.2, -0.15) is 0 Å². The first kappa shape index (κ1) is 12.8. The average molecular weight is 322 g/mol. The highest BCUT2D eigenvalue weighted by atomic mass is 79.9. The van der Waals surface area contributed by atoms with Gasteiger partial charge in [-0.15, -0.1) is 10.2 Å². The van der Waals surface area contributed by atoms with Crippen molar-refractivity contribution >= 4 is 15.9 Å². The Kier molecular flexibility index (Phi) is 3.66. The Hall–Kier alpha value is -1.20. The molecule has 0 amide bonds. The van der Waals surface area contributed by atoms with Crippen LogP contribution in [0, 0.1) is 11.8 Å². The van der Waals surface area contributed by atoms with Crippen LogP contribution in [0.2, 0.25) is 0 Å². The van der Waals surface area contributed by atoms with Crippen LogP contribution in [0.15, 0.2) is 33.2 Å². The molecule has 0 saturated heterocycles. The van der Waals surface area contributed by atoms with E-state index in [-0.39, 0.29) is 0 Å². The fourth-order valence-electron chi connectivity index (χ4n) is 2.12. The zero-order chi connectivity index (χ0) is 13.2. The highest BCUT2D eigenvalue weighted by Crippen LogP contribution is 2.36. The first-order chi connectivity index (χ1) is 9.24. The highest BCUT2D eigenvalue weighted by molar-refractivity contribution is 9.10. The minimum Gasteiger partial charge on any atom is -0.419 e. The molecule has 2 aromatic rings. The molecule has 1 N–H and O–H groups in total. The van der Waals surface area contributed by atoms with Crippen LogP contribution < -0.4 is 5.32 Å². The average Bonchev–Trinajstić information content (AvgIpc) is 2.90. The van der Waals surface area contributed by atoms with Gasteiger partial charge in [-0.05, 0) is 52.9 Å². The molecule has 1 aliphatic carbocycles. The van der Waals surface area contributed by atoms with Gasteiger partial charge in [-0.25, -0.2) is 0 Å². The molecule has 0 bridgehead atoms. The number of hydrogen-bond donors (Lipinski definition) is 1. The summed E-state index contributed by atoms with van der Waals surface area (Å²) in [5.74, 6) is 2.89. The summed E-state index contributed by atoms with van der Waals surface area (Å²) in [4.78, 5) is 0. The van der Waals surface area contributed by atoms with E-state index in [2.05, 4.69) is 38.4 Å². The van der Waals surface area contributed by atoms with E-state index in [1.807, 2.05) is 24.3 Å². The van der Waals surface area contributed by atoms with Crippen molar-refractivity contribution in [1.29, 1.82) is 0 Å². The fourth-order valence-corrected chi connectivity index (χ4v) is 2.57. The lowest BCUT2D eigenvalue weighted by Crippen LogP contribution is -2.16. The number of aromatic nitrogens is 2. The Labute approximate surface area is 120 Å². The zero-order valence-corrected chi connectivity index (χ0v) is 12.4. The molecular weight excluding hydrogens is 306 g/mol. The van der Waals surface area contributed by atoms with E-state index in [1.165, 1.54) is 6.42 Å². The van der Waals surface area contributed by atoms with Gasteiger partial charge in [0.15, 0.2) is 0 Å². The molecule has 0 radical (unpaired) electrons. The van der Waals surface area contributed by atoms with Crippen molar-refractivity contribution < 1.29 is 4.42 Å². The van der Waals surface area contributed by atoms with E-state index < -0.39 is 0 Å². The molecule has 3 rings (SSSR count). The molecule has 0 aliphatic heterocycles. The lowest BCUT2D eigenvalue weighted by Gasteiger charge is -1.99. The maximum atomic E-state index is 5.66. The summed E-state index contributed by atoms with van der Waals surface area (Å²) in [6.45, 7) is 3.96. The van der Waals surface area contributed by atoms with Crippen molar-refractivity contribution in [2.24, 2.45) is 11.8 Å². The zero-order valence-electron chi connectivity index (χ0n) is 10.8. The summed E-state index contributed by atoms with van der Waals surface area (Å²) in [7, 11) is 0. The molecule has 0 spiro atoms. The molecule has 2 unspecified atom stereocenters. The van der Waals surface area contributed by atoms with E-state index in [0.717, 1.165) is 28.4 Å². The number of rotatable bonds is 5. The maximum Gasteiger partial charge on any atom is 0.248 e. The number of nitrogens with one attached hydrogen (secondary N) is 1. The highest BCUT2D eigenvalue weighted by Gasteiger charge is 2.31. The van der Waals surface area contributed by atoms with Gasteiger partial charge in [-0.1, -0.05) is 19.1 Å². The van der Waals surface area contributed by atoms with Crippen LogP contribution in [-0.4, -0.2) is 16.7 Å². The van der Waals surface area contributed by atoms with Crippen molar-refractivity contribution in [2.75, 3.05) is 6.54 Å². The molecule has 1 fully saturated rings. The lowest BCUT2D eigenvalue weighted by atomic mass is 10.2. The number of halogens is 1. The Morgan fingerprint density at radius 1 is 1.37 bits per heavy atom. The molecular formula is C14H16BrN3O. The minimum absolute atomic E-state index is 0.559. The largest absolute Gasteiger partial charge is 0.419 e. The Bertz CT molecular complexity index is 569. The van der Waals surface area contributed by atoms with E-state index >= 15 is 0 Å². The van der Waals surface area contributed by atoms with Gasteiger partial charge in [-0.3, -0.25) is 0 Å². The van der Waals surface area contributed by atoms with Crippen LogP contribution in [-0.2, 0) is 6.54 Å². The molecule has 1 aliphatic rings. The van der Waals surface area contributed by atoms with Gasteiger partial charge in [0.2, 0.25) is 11.8 Å². The third-order valence-electron chi connectivity index (χ3n) is 3.53. The van der Waals surface area contributed by atoms with E-state index in [4.69, 9.17) is 4.42 Å². The maximum absolute atomic E-state index is 5.66. The Balaban J connectivity index is 1.61. The predicted molar refractivity (Wildman–Crippen MR) is 76.4 cm³/mol. The van der Waals surface area contributed by atoms with E-state index in [1.54, 1.807) is 0 Å². The first-order valence-electron chi connectivity index (χ1n) is 6.52. The van der Waals surface area contributed by atoms with Crippen LogP contribution in [0.5, 0.6) is 0 Å². The SMILES string of the molecule is CC1CC1CNCc1nnc(-c2ccccc2Br)o1. The first-order valence-corrected chi connectivity index (χ1v) is 7.31. The smallest absolute Gasteiger partial charge is 0.248 e. The number of benzene rings is 1. The van der Waals surface area contributed by atoms with Gasteiger partial charge in [0, 0.05) is 4.47 Å². The quantitative estimate of drug-likeness (QED) is 0.918. The standard InChI is InChI=1S/C14H16BrN3O/c1-9-6-10(9)7-16-8-13-17-18-14(19-13)11-4-2-3-5-12(11)15/h2-5,9-10,16H,6-8H2,1H3. The van der Waals surface area contributed by atoms with Crippen LogP contribution in [0.4, 0.5) is 0 Å². The summed E-state index contributed by atoms with van der Waals surface area (Å²) >= 11 is 3.49. The van der Waals surface area contributed by atoms with Crippen molar-refractivity contribution in [3.8, 4) is 11.5 Å². The Morgan fingerprint density at radius 3 is 2.89 bits per heavy atom. The van der Waals surface area contributed by atoms with Crippen molar-refractivity contribution in [1.82, 2.24) is 15.5 Å². The molecule has 1 aromatic carbocycles. The summed E-state index contributed by atoms with van der Waals surface area (Å²) in [5.41, 5.74) is 0.928. The molecule has 19 heavy (non-hydrogen) atoms. The molecule has 4 nitrogen and oxygen atoms in total. The summed E-state index contributed by atoms with van der Waals surface area (Å²) in [6, 6.07) is 7.84. The van der Waals surface area contributed by atoms with E-state index in [0.29, 0.717) is 18.3 Å². The fraction of sp³-hybridized carbons (Fsp3) is 0.429. The van der Waals surface area contributed by atoms with E-state index in [9.17, 15) is 0 Å². The second-order valence-electron chi connectivity index (χ2n) is 5.08. The third-order valence-corrected chi connectivity index (χ3v) is 4.22. The molecule has 2 atom stereocenters. The van der Waals surface area contributed by atoms with Gasteiger partial charge < -0.3 is 9.73 Å². The minimum atomic E-state index is 0.559. The van der Waals surface area contributed by atoms with Crippen molar-refractivity contribution in [3.05, 3.63) is 34.6 Å². The molecule has 1 aromatic heterocycles. The van der Waals surface area contributed by atoms with Crippen molar-refractivity contribution in [3.63, 3.8) is 0 Å². The number of hydrogen-bond acceptors (Lipinski definition) is 4. The normalized spacial score (nSPS) is 21.6. The molecule has 1 saturated carbocycles. The van der Waals surface area contributed by atoms with Gasteiger partial charge in [0.25, 0.3) is 0 Å². The monoisotopic (exact) mass is 321 g/mol. The Morgan fingerprint density at radius 2 is 2.16 bits per heavy atom. The summed E-state index contributed by atoms with van der Waals surface area (Å²) in [5, 5.41) is 11.5. The number of nitrogens with zero attached hydrogens (tertiary/aromatic N) is 2. The van der Waals surface area contributed by atoms with Gasteiger partial charge >= 0.3 is 0 Å². The van der Waals surface area contributed by atoms with Gasteiger partial charge in [0.1, 0.15) is 0 Å². The second-order valence-corrected chi connectivity index (χ2v) is 5.94. The van der Waals surface area contributed by atoms with Crippen LogP contribution in [0.3, 0.4) is 0 Å². The third kappa shape index (κ3) is 3.04.